The summed E-state index contributed by atoms with van der Waals surface area (Å²) in [7, 11) is 0. The molecule has 4 rings (SSSR count). The molecule has 2 aromatic carbocycles. The lowest BCUT2D eigenvalue weighted by atomic mass is 9.83. The van der Waals surface area contributed by atoms with Crippen molar-refractivity contribution in [3.8, 4) is 0 Å². The average molecular weight is 402 g/mol. The minimum atomic E-state index is -1.48. The molecule has 0 radical (unpaired) electrons. The lowest BCUT2D eigenvalue weighted by Gasteiger charge is -2.27. The highest BCUT2D eigenvalue weighted by Crippen LogP contribution is 2.35. The highest BCUT2D eigenvalue weighted by Gasteiger charge is 2.54. The fraction of sp³-hybridized carbons (Fsp3) is 0.0909. The first-order valence-corrected chi connectivity index (χ1v) is 9.21. The maximum absolute atomic E-state index is 13.5. The maximum atomic E-state index is 13.5. The number of H-pyrrole nitrogens is 1. The Hall–Kier alpha value is -4.20. The van der Waals surface area contributed by atoms with Gasteiger partial charge in [-0.3, -0.25) is 19.8 Å². The van der Waals surface area contributed by atoms with Crippen LogP contribution in [0.3, 0.4) is 0 Å². The number of aromatic nitrogens is 1. The highest BCUT2D eigenvalue weighted by atomic mass is 16.2. The van der Waals surface area contributed by atoms with E-state index in [9.17, 15) is 19.2 Å². The summed E-state index contributed by atoms with van der Waals surface area (Å²) in [6.07, 6.45) is 1.39. The van der Waals surface area contributed by atoms with Gasteiger partial charge < -0.3 is 10.3 Å². The summed E-state index contributed by atoms with van der Waals surface area (Å²) < 4.78 is 0. The van der Waals surface area contributed by atoms with Gasteiger partial charge in [0.25, 0.3) is 11.8 Å². The van der Waals surface area contributed by atoms with E-state index in [-0.39, 0.29) is 11.5 Å². The van der Waals surface area contributed by atoms with Crippen molar-refractivity contribution in [3.05, 3.63) is 95.3 Å². The molecule has 30 heavy (non-hydrogen) atoms. The van der Waals surface area contributed by atoms with E-state index in [0.717, 1.165) is 0 Å². The second kappa shape index (κ2) is 7.32. The summed E-state index contributed by atoms with van der Waals surface area (Å²) in [5.74, 6) is -1.58. The smallest absolute Gasteiger partial charge is 0.344 e. The number of nitrogens with one attached hydrogen (secondary N) is 3. The number of carbonyl (C=O) groups excluding carboxylic acids is 4. The first-order valence-electron chi connectivity index (χ1n) is 9.21. The van der Waals surface area contributed by atoms with Crippen molar-refractivity contribution < 1.29 is 19.2 Å². The molecule has 3 aromatic rings. The summed E-state index contributed by atoms with van der Waals surface area (Å²) in [6.45, 7) is 1.37. The molecule has 0 bridgehead atoms. The Labute approximate surface area is 171 Å². The summed E-state index contributed by atoms with van der Waals surface area (Å²) in [5, 5.41) is 3.40. The van der Waals surface area contributed by atoms with Gasteiger partial charge in [-0.15, -0.1) is 0 Å². The Balaban J connectivity index is 1.70. The van der Waals surface area contributed by atoms with Crippen LogP contribution >= 0.6 is 0 Å². The third-order valence-corrected chi connectivity index (χ3v) is 4.98. The second-order valence-corrected chi connectivity index (χ2v) is 6.85. The molecule has 1 saturated heterocycles. The van der Waals surface area contributed by atoms with E-state index >= 15 is 0 Å². The van der Waals surface area contributed by atoms with Crippen molar-refractivity contribution in [2.75, 3.05) is 0 Å². The topological polar surface area (TPSA) is 111 Å². The largest absolute Gasteiger partial charge is 0.356 e. The van der Waals surface area contributed by atoms with Gasteiger partial charge in [-0.25, -0.2) is 4.79 Å². The normalized spacial score (nSPS) is 15.0. The molecule has 0 atom stereocenters. The van der Waals surface area contributed by atoms with Crippen LogP contribution in [0.1, 0.15) is 38.9 Å². The number of carbonyl (C=O) groups is 4. The van der Waals surface area contributed by atoms with Crippen LogP contribution in [0.2, 0.25) is 0 Å². The monoisotopic (exact) mass is 402 g/mol. The number of hydrazine groups is 1. The average Bonchev–Trinajstić information content (AvgIpc) is 3.35. The Morgan fingerprint density at radius 3 is 2.00 bits per heavy atom. The molecule has 8 nitrogen and oxygen atoms in total. The molecule has 1 aromatic heterocycles. The van der Waals surface area contributed by atoms with E-state index < -0.39 is 23.4 Å². The van der Waals surface area contributed by atoms with Crippen molar-refractivity contribution in [2.45, 2.75) is 12.5 Å². The first kappa shape index (κ1) is 19.1. The van der Waals surface area contributed by atoms with E-state index in [1.54, 1.807) is 60.7 Å². The minimum absolute atomic E-state index is 0.0534. The predicted octanol–water partition coefficient (Wildman–Crippen LogP) is 2.36. The molecule has 0 saturated carbocycles. The molecule has 0 unspecified atom stereocenters. The van der Waals surface area contributed by atoms with Gasteiger partial charge in [0.05, 0.1) is 0 Å². The molecule has 4 amide bonds. The maximum Gasteiger partial charge on any atom is 0.344 e. The van der Waals surface area contributed by atoms with E-state index in [1.807, 2.05) is 0 Å². The Kier molecular flexibility index (Phi) is 4.67. The number of imide groups is 1. The van der Waals surface area contributed by atoms with Gasteiger partial charge >= 0.3 is 6.03 Å². The highest BCUT2D eigenvalue weighted by molar-refractivity contribution is 6.11. The summed E-state index contributed by atoms with van der Waals surface area (Å²) in [5.41, 5.74) is 2.35. The molecular formula is C22H18N4O4. The van der Waals surface area contributed by atoms with Crippen molar-refractivity contribution in [1.29, 1.82) is 0 Å². The van der Waals surface area contributed by atoms with Crippen molar-refractivity contribution >= 4 is 23.6 Å². The van der Waals surface area contributed by atoms with Crippen LogP contribution in [0.15, 0.2) is 72.9 Å². The lowest BCUT2D eigenvalue weighted by molar-refractivity contribution is -0.131. The lowest BCUT2D eigenvalue weighted by Crippen LogP contribution is -2.49. The second-order valence-electron chi connectivity index (χ2n) is 6.85. The van der Waals surface area contributed by atoms with Crippen LogP contribution in [0.4, 0.5) is 4.79 Å². The predicted molar refractivity (Wildman–Crippen MR) is 107 cm³/mol. The minimum Gasteiger partial charge on any atom is -0.356 e. The zero-order valence-corrected chi connectivity index (χ0v) is 16.0. The SMILES string of the molecule is CC(=O)c1c[nH]c(C(=O)NN2C(=O)NC(c3ccccc3)(c3ccccc3)C2=O)c1. The third-order valence-electron chi connectivity index (χ3n) is 4.98. The van der Waals surface area contributed by atoms with Crippen molar-refractivity contribution in [3.63, 3.8) is 0 Å². The fourth-order valence-electron chi connectivity index (χ4n) is 3.46. The Morgan fingerprint density at radius 1 is 0.933 bits per heavy atom. The molecule has 1 aliphatic heterocycles. The number of benzene rings is 2. The van der Waals surface area contributed by atoms with E-state index in [1.165, 1.54) is 19.2 Å². The van der Waals surface area contributed by atoms with E-state index in [2.05, 4.69) is 15.7 Å². The van der Waals surface area contributed by atoms with E-state index in [4.69, 9.17) is 0 Å². The van der Waals surface area contributed by atoms with Gasteiger partial charge in [0, 0.05) is 11.8 Å². The van der Waals surface area contributed by atoms with Gasteiger partial charge in [-0.05, 0) is 24.1 Å². The molecule has 8 heteroatoms. The number of urea groups is 1. The van der Waals surface area contributed by atoms with Crippen LogP contribution in [0.25, 0.3) is 0 Å². The summed E-state index contributed by atoms with van der Waals surface area (Å²) >= 11 is 0. The zero-order valence-electron chi connectivity index (χ0n) is 16.0. The number of hydrogen-bond acceptors (Lipinski definition) is 4. The molecule has 2 heterocycles. The standard InChI is InChI=1S/C22H18N4O4/c1-14(27)15-12-18(23-13-15)19(28)25-26-20(29)22(24-21(26)30,16-8-4-2-5-9-16)17-10-6-3-7-11-17/h2-13,23H,1H3,(H,24,30)(H,25,28). The van der Waals surface area contributed by atoms with Gasteiger partial charge in [-0.1, -0.05) is 60.7 Å². The molecule has 0 aliphatic carbocycles. The number of nitrogens with zero attached hydrogens (tertiary/aromatic N) is 1. The van der Waals surface area contributed by atoms with Gasteiger partial charge in [-0.2, -0.15) is 5.01 Å². The fourth-order valence-corrected chi connectivity index (χ4v) is 3.46. The van der Waals surface area contributed by atoms with Gasteiger partial charge in [0.1, 0.15) is 5.69 Å². The van der Waals surface area contributed by atoms with Gasteiger partial charge in [0.2, 0.25) is 0 Å². The molecule has 0 spiro atoms. The number of rotatable bonds is 5. The first-order chi connectivity index (χ1) is 14.4. The van der Waals surface area contributed by atoms with Crippen molar-refractivity contribution in [2.24, 2.45) is 0 Å². The van der Waals surface area contributed by atoms with Crippen LogP contribution in [-0.4, -0.2) is 33.6 Å². The number of Topliss-reactive ketones (excluding diaryl/α,β-unsaturated/α-hetero) is 1. The number of ketones is 1. The van der Waals surface area contributed by atoms with Crippen LogP contribution < -0.4 is 10.7 Å². The Morgan fingerprint density at radius 2 is 1.50 bits per heavy atom. The molecule has 3 N–H and O–H groups in total. The zero-order chi connectivity index (χ0) is 21.3. The molecule has 1 aliphatic rings. The Bertz CT molecular complexity index is 1100. The quantitative estimate of drug-likeness (QED) is 0.449. The summed E-state index contributed by atoms with van der Waals surface area (Å²) in [6, 6.07) is 18.2. The van der Waals surface area contributed by atoms with Gasteiger partial charge in [0.15, 0.2) is 11.3 Å². The van der Waals surface area contributed by atoms with Crippen molar-refractivity contribution in [1.82, 2.24) is 20.7 Å². The number of aromatic amines is 1. The van der Waals surface area contributed by atoms with E-state index in [0.29, 0.717) is 21.7 Å². The summed E-state index contributed by atoms with van der Waals surface area (Å²) in [4.78, 5) is 52.9. The molecular weight excluding hydrogens is 384 g/mol. The number of amides is 4. The molecule has 1 fully saturated rings. The third kappa shape index (κ3) is 3.04. The molecule has 150 valence electrons. The number of hydrogen-bond donors (Lipinski definition) is 3. The van der Waals surface area contributed by atoms with Crippen LogP contribution in [0.5, 0.6) is 0 Å². The van der Waals surface area contributed by atoms with Crippen LogP contribution in [-0.2, 0) is 10.3 Å². The van der Waals surface area contributed by atoms with Crippen LogP contribution in [0, 0.1) is 0 Å².